The number of aromatic nitrogens is 4. The summed E-state index contributed by atoms with van der Waals surface area (Å²) in [6.07, 6.45) is 2.42. The molecule has 142 valence electrons. The lowest BCUT2D eigenvalue weighted by atomic mass is 10.2. The summed E-state index contributed by atoms with van der Waals surface area (Å²) in [6.45, 7) is 2.34. The van der Waals surface area contributed by atoms with Crippen molar-refractivity contribution in [2.45, 2.75) is 32.4 Å². The van der Waals surface area contributed by atoms with Crippen molar-refractivity contribution in [2.75, 3.05) is 0 Å². The van der Waals surface area contributed by atoms with Crippen LogP contribution in [-0.4, -0.2) is 25.4 Å². The quantitative estimate of drug-likeness (QED) is 0.542. The maximum atomic E-state index is 12.5. The average Bonchev–Trinajstić information content (AvgIpc) is 3.14. The van der Waals surface area contributed by atoms with Crippen molar-refractivity contribution in [3.8, 4) is 0 Å². The smallest absolute Gasteiger partial charge is 0.261 e. The van der Waals surface area contributed by atoms with Gasteiger partial charge in [0.05, 0.1) is 34.3 Å². The van der Waals surface area contributed by atoms with E-state index in [9.17, 15) is 9.59 Å². The molecule has 2 aromatic carbocycles. The van der Waals surface area contributed by atoms with E-state index in [1.54, 1.807) is 17.0 Å². The fourth-order valence-electron chi connectivity index (χ4n) is 3.23. The number of fused-ring (bicyclic) bond motifs is 2. The molecule has 2 heterocycles. The lowest BCUT2D eigenvalue weighted by molar-refractivity contribution is -0.121. The molecule has 0 aliphatic carbocycles. The molecular formula is C21H21N5O2. The number of imidazole rings is 1. The van der Waals surface area contributed by atoms with E-state index in [1.165, 1.54) is 0 Å². The number of rotatable bonds is 6. The molecule has 0 spiro atoms. The molecule has 0 saturated carbocycles. The minimum absolute atomic E-state index is 0.0743. The first-order valence-electron chi connectivity index (χ1n) is 9.30. The minimum atomic E-state index is -0.218. The van der Waals surface area contributed by atoms with Crippen LogP contribution in [0.2, 0.25) is 0 Å². The number of aromatic amines is 1. The number of para-hydroxylation sites is 3. The third-order valence-electron chi connectivity index (χ3n) is 4.73. The highest BCUT2D eigenvalue weighted by molar-refractivity contribution is 5.78. The molecule has 0 aliphatic heterocycles. The summed E-state index contributed by atoms with van der Waals surface area (Å²) in [5.41, 5.74) is 2.42. The van der Waals surface area contributed by atoms with Crippen LogP contribution in [0.15, 0.2) is 59.7 Å². The Bertz CT molecular complexity index is 1160. The molecule has 2 N–H and O–H groups in total. The zero-order chi connectivity index (χ0) is 19.5. The van der Waals surface area contributed by atoms with Gasteiger partial charge in [0.1, 0.15) is 5.82 Å². The van der Waals surface area contributed by atoms with Gasteiger partial charge in [0.15, 0.2) is 0 Å². The van der Waals surface area contributed by atoms with E-state index in [0.29, 0.717) is 30.3 Å². The van der Waals surface area contributed by atoms with Crippen LogP contribution in [-0.2, 0) is 11.3 Å². The second kappa shape index (κ2) is 7.64. The monoisotopic (exact) mass is 375 g/mol. The van der Waals surface area contributed by atoms with E-state index in [-0.39, 0.29) is 17.5 Å². The van der Waals surface area contributed by atoms with Crippen LogP contribution in [0.4, 0.5) is 0 Å². The zero-order valence-electron chi connectivity index (χ0n) is 15.6. The van der Waals surface area contributed by atoms with Crippen LogP contribution in [0.25, 0.3) is 21.9 Å². The van der Waals surface area contributed by atoms with Crippen molar-refractivity contribution >= 4 is 27.8 Å². The number of benzene rings is 2. The second-order valence-electron chi connectivity index (χ2n) is 6.79. The van der Waals surface area contributed by atoms with Crippen LogP contribution in [0.1, 0.15) is 31.6 Å². The number of hydrogen-bond acceptors (Lipinski definition) is 4. The Kier molecular flexibility index (Phi) is 4.89. The summed E-state index contributed by atoms with van der Waals surface area (Å²) in [7, 11) is 0. The SMILES string of the molecule is C[C@@H](NC(=O)CCCn1cnc2ccccc2c1=O)c1nc2ccccc2[nH]1. The van der Waals surface area contributed by atoms with Gasteiger partial charge >= 0.3 is 0 Å². The van der Waals surface area contributed by atoms with Gasteiger partial charge in [0.2, 0.25) is 5.91 Å². The van der Waals surface area contributed by atoms with Gasteiger partial charge in [0.25, 0.3) is 5.56 Å². The molecule has 0 unspecified atom stereocenters. The summed E-state index contributed by atoms with van der Waals surface area (Å²) >= 11 is 0. The number of hydrogen-bond donors (Lipinski definition) is 2. The van der Waals surface area contributed by atoms with Gasteiger partial charge in [-0.15, -0.1) is 0 Å². The summed E-state index contributed by atoms with van der Waals surface area (Å²) in [5.74, 6) is 0.652. The Morgan fingerprint density at radius 3 is 2.71 bits per heavy atom. The number of aryl methyl sites for hydroxylation is 1. The molecule has 0 fully saturated rings. The van der Waals surface area contributed by atoms with Crippen LogP contribution in [0.3, 0.4) is 0 Å². The molecule has 1 amide bonds. The number of amides is 1. The van der Waals surface area contributed by atoms with Crippen LogP contribution < -0.4 is 10.9 Å². The highest BCUT2D eigenvalue weighted by Crippen LogP contribution is 2.15. The maximum Gasteiger partial charge on any atom is 0.261 e. The maximum absolute atomic E-state index is 12.5. The van der Waals surface area contributed by atoms with Gasteiger partial charge in [-0.25, -0.2) is 9.97 Å². The van der Waals surface area contributed by atoms with E-state index in [4.69, 9.17) is 0 Å². The van der Waals surface area contributed by atoms with E-state index in [2.05, 4.69) is 20.3 Å². The summed E-state index contributed by atoms with van der Waals surface area (Å²) in [6, 6.07) is 14.8. The van der Waals surface area contributed by atoms with Crippen LogP contribution in [0.5, 0.6) is 0 Å². The fraction of sp³-hybridized carbons (Fsp3) is 0.238. The van der Waals surface area contributed by atoms with Crippen molar-refractivity contribution in [3.05, 3.63) is 71.0 Å². The summed E-state index contributed by atoms with van der Waals surface area (Å²) in [5, 5.41) is 3.54. The predicted molar refractivity (Wildman–Crippen MR) is 108 cm³/mol. The third kappa shape index (κ3) is 3.64. The molecular weight excluding hydrogens is 354 g/mol. The highest BCUT2D eigenvalue weighted by Gasteiger charge is 2.13. The first-order chi connectivity index (χ1) is 13.6. The van der Waals surface area contributed by atoms with Gasteiger partial charge in [-0.3, -0.25) is 14.2 Å². The highest BCUT2D eigenvalue weighted by atomic mass is 16.1. The third-order valence-corrected chi connectivity index (χ3v) is 4.73. The molecule has 1 atom stereocenters. The average molecular weight is 375 g/mol. The van der Waals surface area contributed by atoms with Crippen molar-refractivity contribution < 1.29 is 4.79 Å². The molecule has 28 heavy (non-hydrogen) atoms. The van der Waals surface area contributed by atoms with Gasteiger partial charge < -0.3 is 10.3 Å². The number of nitrogens with one attached hydrogen (secondary N) is 2. The largest absolute Gasteiger partial charge is 0.346 e. The fourth-order valence-corrected chi connectivity index (χ4v) is 3.23. The zero-order valence-corrected chi connectivity index (χ0v) is 15.6. The van der Waals surface area contributed by atoms with Crippen molar-refractivity contribution in [3.63, 3.8) is 0 Å². The molecule has 0 bridgehead atoms. The number of nitrogens with zero attached hydrogens (tertiary/aromatic N) is 3. The van der Waals surface area contributed by atoms with Crippen molar-refractivity contribution in [1.82, 2.24) is 24.8 Å². The molecule has 4 rings (SSSR count). The normalized spacial score (nSPS) is 12.3. The van der Waals surface area contributed by atoms with Crippen LogP contribution in [0, 0.1) is 0 Å². The summed E-state index contributed by atoms with van der Waals surface area (Å²) in [4.78, 5) is 36.8. The van der Waals surface area contributed by atoms with Gasteiger partial charge in [-0.05, 0) is 37.6 Å². The molecule has 2 aromatic heterocycles. The Morgan fingerprint density at radius 1 is 1.14 bits per heavy atom. The van der Waals surface area contributed by atoms with E-state index >= 15 is 0 Å². The number of carbonyl (C=O) groups is 1. The molecule has 7 nitrogen and oxygen atoms in total. The lowest BCUT2D eigenvalue weighted by Gasteiger charge is -2.12. The lowest BCUT2D eigenvalue weighted by Crippen LogP contribution is -2.28. The van der Waals surface area contributed by atoms with Crippen LogP contribution >= 0.6 is 0 Å². The first-order valence-corrected chi connectivity index (χ1v) is 9.30. The summed E-state index contributed by atoms with van der Waals surface area (Å²) < 4.78 is 1.55. The Morgan fingerprint density at radius 2 is 1.89 bits per heavy atom. The standard InChI is InChI=1S/C21H21N5O2/c1-14(20-24-17-9-4-5-10-18(17)25-20)23-19(27)11-6-12-26-13-22-16-8-3-2-7-15(16)21(26)28/h2-5,7-10,13-14H,6,11-12H2,1H3,(H,23,27)(H,24,25)/t14-/m1/s1. The second-order valence-corrected chi connectivity index (χ2v) is 6.79. The van der Waals surface area contributed by atoms with Gasteiger partial charge in [0, 0.05) is 13.0 Å². The minimum Gasteiger partial charge on any atom is -0.346 e. The number of H-pyrrole nitrogens is 1. The van der Waals surface area contributed by atoms with E-state index in [0.717, 1.165) is 16.9 Å². The molecule has 0 radical (unpaired) electrons. The molecule has 7 heteroatoms. The Hall–Kier alpha value is -3.48. The van der Waals surface area contributed by atoms with Crippen molar-refractivity contribution in [1.29, 1.82) is 0 Å². The Balaban J connectivity index is 1.34. The molecule has 0 aliphatic rings. The van der Waals surface area contributed by atoms with Gasteiger partial charge in [-0.1, -0.05) is 24.3 Å². The van der Waals surface area contributed by atoms with Gasteiger partial charge in [-0.2, -0.15) is 0 Å². The Labute approximate surface area is 161 Å². The topological polar surface area (TPSA) is 92.7 Å². The first kappa shape index (κ1) is 17.9. The van der Waals surface area contributed by atoms with Crippen molar-refractivity contribution in [2.24, 2.45) is 0 Å². The van der Waals surface area contributed by atoms with E-state index < -0.39 is 0 Å². The predicted octanol–water partition coefficient (Wildman–Crippen LogP) is 2.93. The number of carbonyl (C=O) groups excluding carboxylic acids is 1. The molecule has 0 saturated heterocycles. The van der Waals surface area contributed by atoms with E-state index in [1.807, 2.05) is 49.4 Å². The molecule has 4 aromatic rings.